The number of halogens is 1. The van der Waals surface area contributed by atoms with Crippen molar-refractivity contribution >= 4 is 17.3 Å². The van der Waals surface area contributed by atoms with Crippen LogP contribution >= 0.6 is 11.6 Å². The lowest BCUT2D eigenvalue weighted by molar-refractivity contribution is 0.318. The topological polar surface area (TPSA) is 52.8 Å². The van der Waals surface area contributed by atoms with Crippen LogP contribution in [0.15, 0.2) is 17.3 Å². The maximum Gasteiger partial charge on any atom is 0.127 e. The van der Waals surface area contributed by atoms with Gasteiger partial charge in [0.2, 0.25) is 0 Å². The van der Waals surface area contributed by atoms with Crippen molar-refractivity contribution in [3.05, 3.63) is 28.3 Å². The summed E-state index contributed by atoms with van der Waals surface area (Å²) in [5.74, 6) is 0.115. The molecule has 0 fully saturated rings. The zero-order valence-corrected chi connectivity index (χ0v) is 8.84. The Kier molecular flexibility index (Phi) is 3.36. The first-order valence-corrected chi connectivity index (χ1v) is 4.68. The van der Waals surface area contributed by atoms with E-state index in [1.54, 1.807) is 19.1 Å². The number of hydrogen-bond donors (Lipinski definition) is 2. The van der Waals surface area contributed by atoms with Crippen molar-refractivity contribution in [1.82, 2.24) is 0 Å². The molecule has 4 heteroatoms. The first kappa shape index (κ1) is 10.9. The van der Waals surface area contributed by atoms with E-state index in [0.717, 1.165) is 0 Å². The molecule has 0 unspecified atom stereocenters. The van der Waals surface area contributed by atoms with Crippen LogP contribution in [0.25, 0.3) is 0 Å². The third-order valence-electron chi connectivity index (χ3n) is 2.03. The summed E-state index contributed by atoms with van der Waals surface area (Å²) in [6.07, 6.45) is 0.532. The normalized spacial score (nSPS) is 11.8. The fourth-order valence-electron chi connectivity index (χ4n) is 1.27. The highest BCUT2D eigenvalue weighted by Crippen LogP contribution is 2.27. The van der Waals surface area contributed by atoms with E-state index in [1.165, 1.54) is 0 Å². The number of aryl methyl sites for hydroxylation is 1. The second-order valence-electron chi connectivity index (χ2n) is 3.02. The van der Waals surface area contributed by atoms with E-state index in [4.69, 9.17) is 16.8 Å². The van der Waals surface area contributed by atoms with E-state index in [-0.39, 0.29) is 5.75 Å². The van der Waals surface area contributed by atoms with Crippen LogP contribution in [0.3, 0.4) is 0 Å². The van der Waals surface area contributed by atoms with Crippen LogP contribution in [0.4, 0.5) is 0 Å². The summed E-state index contributed by atoms with van der Waals surface area (Å²) in [6, 6.07) is 3.24. The lowest BCUT2D eigenvalue weighted by atomic mass is 10.0. The van der Waals surface area contributed by atoms with E-state index in [2.05, 4.69) is 5.16 Å². The predicted octanol–water partition coefficient (Wildman–Crippen LogP) is 2.94. The van der Waals surface area contributed by atoms with Gasteiger partial charge in [0.1, 0.15) is 5.75 Å². The third kappa shape index (κ3) is 1.99. The van der Waals surface area contributed by atoms with Gasteiger partial charge in [0.15, 0.2) is 0 Å². The lowest BCUT2D eigenvalue weighted by Crippen LogP contribution is -2.00. The predicted molar refractivity (Wildman–Crippen MR) is 56.5 cm³/mol. The molecule has 0 aliphatic rings. The zero-order valence-electron chi connectivity index (χ0n) is 8.08. The van der Waals surface area contributed by atoms with Gasteiger partial charge in [-0.1, -0.05) is 23.7 Å². The lowest BCUT2D eigenvalue weighted by Gasteiger charge is -2.07. The molecule has 0 aromatic heterocycles. The van der Waals surface area contributed by atoms with Gasteiger partial charge in [-0.2, -0.15) is 0 Å². The first-order valence-electron chi connectivity index (χ1n) is 4.30. The molecule has 0 aliphatic heterocycles. The molecule has 0 radical (unpaired) electrons. The van der Waals surface area contributed by atoms with Gasteiger partial charge < -0.3 is 10.3 Å². The molecule has 0 heterocycles. The molecule has 0 atom stereocenters. The summed E-state index contributed by atoms with van der Waals surface area (Å²) in [5.41, 5.74) is 1.58. The van der Waals surface area contributed by atoms with Crippen molar-refractivity contribution in [1.29, 1.82) is 0 Å². The van der Waals surface area contributed by atoms with Crippen LogP contribution < -0.4 is 0 Å². The molecule has 3 nitrogen and oxygen atoms in total. The Morgan fingerprint density at radius 2 is 2.14 bits per heavy atom. The highest BCUT2D eigenvalue weighted by molar-refractivity contribution is 6.31. The third-order valence-corrected chi connectivity index (χ3v) is 2.25. The molecule has 0 spiro atoms. The van der Waals surface area contributed by atoms with Crippen LogP contribution in [0.2, 0.25) is 5.02 Å². The largest absolute Gasteiger partial charge is 0.507 e. The fraction of sp³-hybridized carbons (Fsp3) is 0.300. The summed E-state index contributed by atoms with van der Waals surface area (Å²) in [6.45, 7) is 3.58. The van der Waals surface area contributed by atoms with Crippen LogP contribution in [0.1, 0.15) is 24.5 Å². The van der Waals surface area contributed by atoms with Crippen molar-refractivity contribution in [2.75, 3.05) is 0 Å². The van der Waals surface area contributed by atoms with Gasteiger partial charge in [0.05, 0.1) is 5.71 Å². The number of oxime groups is 1. The van der Waals surface area contributed by atoms with Gasteiger partial charge in [-0.05, 0) is 31.0 Å². The van der Waals surface area contributed by atoms with Crippen molar-refractivity contribution in [2.45, 2.75) is 20.3 Å². The maximum atomic E-state index is 9.70. The Labute approximate surface area is 87.6 Å². The Morgan fingerprint density at radius 1 is 1.50 bits per heavy atom. The van der Waals surface area contributed by atoms with E-state index in [0.29, 0.717) is 28.3 Å². The van der Waals surface area contributed by atoms with E-state index < -0.39 is 0 Å². The van der Waals surface area contributed by atoms with Crippen molar-refractivity contribution in [3.63, 3.8) is 0 Å². The summed E-state index contributed by atoms with van der Waals surface area (Å²) < 4.78 is 0. The Balaban J connectivity index is 3.33. The SMILES string of the molecule is CCC(=NO)c1cc(Cl)cc(C)c1O. The van der Waals surface area contributed by atoms with Gasteiger partial charge in [-0.25, -0.2) is 0 Å². The van der Waals surface area contributed by atoms with Crippen LogP contribution in [0, 0.1) is 6.92 Å². The van der Waals surface area contributed by atoms with Gasteiger partial charge in [-0.15, -0.1) is 0 Å². The number of rotatable bonds is 2. The number of phenols is 1. The van der Waals surface area contributed by atoms with E-state index in [9.17, 15) is 5.11 Å². The maximum absolute atomic E-state index is 9.70. The molecule has 2 N–H and O–H groups in total. The van der Waals surface area contributed by atoms with Crippen molar-refractivity contribution in [2.24, 2.45) is 5.16 Å². The smallest absolute Gasteiger partial charge is 0.127 e. The molecule has 0 bridgehead atoms. The summed E-state index contributed by atoms with van der Waals surface area (Å²) in [5, 5.41) is 22.1. The summed E-state index contributed by atoms with van der Waals surface area (Å²) in [4.78, 5) is 0. The molecular weight excluding hydrogens is 202 g/mol. The average Bonchev–Trinajstić information content (AvgIpc) is 2.15. The van der Waals surface area contributed by atoms with Crippen molar-refractivity contribution in [3.8, 4) is 5.75 Å². The molecule has 0 saturated carbocycles. The van der Waals surface area contributed by atoms with Gasteiger partial charge >= 0.3 is 0 Å². The Morgan fingerprint density at radius 3 is 2.64 bits per heavy atom. The average molecular weight is 214 g/mol. The number of benzene rings is 1. The second-order valence-corrected chi connectivity index (χ2v) is 3.46. The molecule has 0 saturated heterocycles. The number of hydrogen-bond acceptors (Lipinski definition) is 3. The van der Waals surface area contributed by atoms with Gasteiger partial charge in [0, 0.05) is 10.6 Å². The van der Waals surface area contributed by atoms with E-state index in [1.807, 2.05) is 6.92 Å². The minimum absolute atomic E-state index is 0.115. The Hall–Kier alpha value is -1.22. The molecule has 14 heavy (non-hydrogen) atoms. The van der Waals surface area contributed by atoms with E-state index >= 15 is 0 Å². The highest BCUT2D eigenvalue weighted by Gasteiger charge is 2.11. The standard InChI is InChI=1S/C10H12ClNO2/c1-3-9(12-14)8-5-7(11)4-6(2)10(8)13/h4-5,13-14H,3H2,1-2H3. The van der Waals surface area contributed by atoms with Crippen LogP contribution in [0.5, 0.6) is 5.75 Å². The van der Waals surface area contributed by atoms with Gasteiger partial charge in [0.25, 0.3) is 0 Å². The van der Waals surface area contributed by atoms with Crippen LogP contribution in [-0.2, 0) is 0 Å². The Bertz CT molecular complexity index is 375. The zero-order chi connectivity index (χ0) is 10.7. The first-order chi connectivity index (χ1) is 6.60. The number of phenolic OH excluding ortho intramolecular Hbond substituents is 1. The quantitative estimate of drug-likeness (QED) is 0.451. The molecule has 0 aliphatic carbocycles. The molecule has 1 rings (SSSR count). The molecule has 76 valence electrons. The monoisotopic (exact) mass is 213 g/mol. The summed E-state index contributed by atoms with van der Waals surface area (Å²) >= 11 is 5.83. The fourth-order valence-corrected chi connectivity index (χ4v) is 1.54. The van der Waals surface area contributed by atoms with Gasteiger partial charge in [-0.3, -0.25) is 0 Å². The summed E-state index contributed by atoms with van der Waals surface area (Å²) in [7, 11) is 0. The molecule has 1 aromatic rings. The second kappa shape index (κ2) is 4.33. The number of aromatic hydroxyl groups is 1. The minimum Gasteiger partial charge on any atom is -0.507 e. The van der Waals surface area contributed by atoms with Crippen molar-refractivity contribution < 1.29 is 10.3 Å². The highest BCUT2D eigenvalue weighted by atomic mass is 35.5. The number of nitrogens with zero attached hydrogens (tertiary/aromatic N) is 1. The molecule has 0 amide bonds. The molecular formula is C10H12ClNO2. The van der Waals surface area contributed by atoms with Crippen LogP contribution in [-0.4, -0.2) is 16.0 Å². The molecule has 1 aromatic carbocycles. The minimum atomic E-state index is 0.115.